The van der Waals surface area contributed by atoms with Gasteiger partial charge in [-0.2, -0.15) is 0 Å². The number of H-pyrrole nitrogens is 1. The Kier molecular flexibility index (Phi) is 5.11. The molecular weight excluding hydrogens is 262 g/mol. The average Bonchev–Trinajstić information content (AvgIpc) is 2.26. The number of methoxy groups -OCH3 is 1. The fourth-order valence-electron chi connectivity index (χ4n) is 1.37. The predicted octanol–water partition coefficient (Wildman–Crippen LogP) is -0.659. The fourth-order valence-corrected chi connectivity index (χ4v) is 1.53. The van der Waals surface area contributed by atoms with E-state index in [4.69, 9.17) is 16.3 Å². The molecule has 0 aliphatic heterocycles. The molecule has 7 nitrogen and oxygen atoms in total. The Morgan fingerprint density at radius 1 is 1.61 bits per heavy atom. The first-order valence-electron chi connectivity index (χ1n) is 5.21. The van der Waals surface area contributed by atoms with Crippen LogP contribution < -0.4 is 16.6 Å². The summed E-state index contributed by atoms with van der Waals surface area (Å²) < 4.78 is 5.89. The average molecular weight is 276 g/mol. The minimum absolute atomic E-state index is 0.146. The van der Waals surface area contributed by atoms with Crippen molar-refractivity contribution in [3.05, 3.63) is 32.1 Å². The van der Waals surface area contributed by atoms with Crippen LogP contribution in [0.1, 0.15) is 6.92 Å². The van der Waals surface area contributed by atoms with E-state index in [1.54, 1.807) is 6.92 Å². The molecule has 0 saturated carbocycles. The van der Waals surface area contributed by atoms with Crippen molar-refractivity contribution < 1.29 is 9.53 Å². The minimum Gasteiger partial charge on any atom is -0.383 e. The largest absolute Gasteiger partial charge is 0.383 e. The van der Waals surface area contributed by atoms with Gasteiger partial charge in [0, 0.05) is 19.3 Å². The van der Waals surface area contributed by atoms with E-state index in [1.165, 1.54) is 7.11 Å². The number of aromatic amines is 1. The van der Waals surface area contributed by atoms with Crippen molar-refractivity contribution in [1.82, 2.24) is 14.9 Å². The summed E-state index contributed by atoms with van der Waals surface area (Å²) in [6.45, 7) is 1.92. The van der Waals surface area contributed by atoms with Crippen molar-refractivity contribution in [2.75, 3.05) is 13.7 Å². The van der Waals surface area contributed by atoms with Crippen LogP contribution in [0.15, 0.2) is 15.8 Å². The van der Waals surface area contributed by atoms with Crippen LogP contribution in [-0.2, 0) is 16.1 Å². The maximum atomic E-state index is 11.6. The second-order valence-corrected chi connectivity index (χ2v) is 4.20. The lowest BCUT2D eigenvalue weighted by Gasteiger charge is -2.13. The van der Waals surface area contributed by atoms with E-state index in [0.29, 0.717) is 6.61 Å². The number of ether oxygens (including phenoxy) is 1. The van der Waals surface area contributed by atoms with Crippen molar-refractivity contribution in [2.24, 2.45) is 0 Å². The molecule has 0 spiro atoms. The number of rotatable bonds is 5. The van der Waals surface area contributed by atoms with Gasteiger partial charge in [0.05, 0.1) is 6.61 Å². The normalized spacial score (nSPS) is 12.2. The van der Waals surface area contributed by atoms with Crippen LogP contribution in [0.3, 0.4) is 0 Å². The summed E-state index contributed by atoms with van der Waals surface area (Å²) >= 11 is 5.57. The number of halogens is 1. The topological polar surface area (TPSA) is 93.2 Å². The molecule has 1 heterocycles. The van der Waals surface area contributed by atoms with E-state index >= 15 is 0 Å². The van der Waals surface area contributed by atoms with E-state index in [2.05, 4.69) is 5.32 Å². The SMILES string of the molecule is COCC(C)NC(=O)Cn1cc(Cl)c(=O)[nH]c1=O. The Morgan fingerprint density at radius 3 is 2.89 bits per heavy atom. The van der Waals surface area contributed by atoms with Crippen LogP contribution in [0, 0.1) is 0 Å². The molecule has 2 N–H and O–H groups in total. The molecule has 1 unspecified atom stereocenters. The summed E-state index contributed by atoms with van der Waals surface area (Å²) in [6, 6.07) is -0.170. The lowest BCUT2D eigenvalue weighted by Crippen LogP contribution is -2.40. The summed E-state index contributed by atoms with van der Waals surface area (Å²) in [7, 11) is 1.52. The number of carbonyl (C=O) groups excluding carboxylic acids is 1. The number of amides is 1. The maximum absolute atomic E-state index is 11.6. The van der Waals surface area contributed by atoms with E-state index in [-0.39, 0.29) is 23.5 Å². The number of aromatic nitrogens is 2. The van der Waals surface area contributed by atoms with Crippen LogP contribution in [0.5, 0.6) is 0 Å². The molecule has 0 aromatic carbocycles. The molecule has 0 bridgehead atoms. The lowest BCUT2D eigenvalue weighted by atomic mass is 10.3. The highest BCUT2D eigenvalue weighted by atomic mass is 35.5. The molecule has 1 atom stereocenters. The van der Waals surface area contributed by atoms with Gasteiger partial charge in [0.15, 0.2) is 0 Å². The zero-order chi connectivity index (χ0) is 13.7. The highest BCUT2D eigenvalue weighted by Gasteiger charge is 2.10. The second-order valence-electron chi connectivity index (χ2n) is 3.79. The summed E-state index contributed by atoms with van der Waals surface area (Å²) in [4.78, 5) is 36.0. The van der Waals surface area contributed by atoms with Crippen LogP contribution in [0.4, 0.5) is 0 Å². The van der Waals surface area contributed by atoms with Crippen LogP contribution >= 0.6 is 11.6 Å². The van der Waals surface area contributed by atoms with Crippen LogP contribution in [0.25, 0.3) is 0 Å². The Morgan fingerprint density at radius 2 is 2.28 bits per heavy atom. The number of carbonyl (C=O) groups is 1. The zero-order valence-corrected chi connectivity index (χ0v) is 10.8. The van der Waals surface area contributed by atoms with Gasteiger partial charge in [-0.15, -0.1) is 0 Å². The first kappa shape index (κ1) is 14.5. The molecule has 1 rings (SSSR count). The Bertz CT molecular complexity index is 537. The van der Waals surface area contributed by atoms with E-state index in [1.807, 2.05) is 4.98 Å². The van der Waals surface area contributed by atoms with Gasteiger partial charge in [0.1, 0.15) is 11.6 Å². The quantitative estimate of drug-likeness (QED) is 0.746. The zero-order valence-electron chi connectivity index (χ0n) is 10.0. The van der Waals surface area contributed by atoms with E-state index < -0.39 is 11.2 Å². The van der Waals surface area contributed by atoms with Crippen molar-refractivity contribution in [1.29, 1.82) is 0 Å². The number of hydrogen-bond donors (Lipinski definition) is 2. The Balaban J connectivity index is 2.74. The summed E-state index contributed by atoms with van der Waals surface area (Å²) in [5.41, 5.74) is -1.36. The third-order valence-electron chi connectivity index (χ3n) is 2.11. The smallest absolute Gasteiger partial charge is 0.328 e. The molecule has 0 fully saturated rings. The molecule has 0 saturated heterocycles. The van der Waals surface area contributed by atoms with Gasteiger partial charge in [0.25, 0.3) is 5.56 Å². The Hall–Kier alpha value is -1.60. The molecule has 8 heteroatoms. The second kappa shape index (κ2) is 6.36. The molecule has 0 aliphatic carbocycles. The van der Waals surface area contributed by atoms with Gasteiger partial charge < -0.3 is 10.1 Å². The van der Waals surface area contributed by atoms with Crippen molar-refractivity contribution in [3.8, 4) is 0 Å². The lowest BCUT2D eigenvalue weighted by molar-refractivity contribution is -0.122. The standard InChI is InChI=1S/C10H14ClN3O4/c1-6(5-18-2)12-8(15)4-14-3-7(11)9(16)13-10(14)17/h3,6H,4-5H2,1-2H3,(H,12,15)(H,13,16,17). The first-order chi connectivity index (χ1) is 8.43. The first-order valence-corrected chi connectivity index (χ1v) is 5.59. The number of nitrogens with one attached hydrogen (secondary N) is 2. The van der Waals surface area contributed by atoms with Gasteiger partial charge >= 0.3 is 5.69 Å². The van der Waals surface area contributed by atoms with E-state index in [9.17, 15) is 14.4 Å². The van der Waals surface area contributed by atoms with Crippen LogP contribution in [0.2, 0.25) is 5.02 Å². The summed E-state index contributed by atoms with van der Waals surface area (Å²) in [5.74, 6) is -0.371. The Labute approximate surface area is 108 Å². The van der Waals surface area contributed by atoms with Gasteiger partial charge in [-0.05, 0) is 6.92 Å². The third kappa shape index (κ3) is 4.01. The molecular formula is C10H14ClN3O4. The van der Waals surface area contributed by atoms with Crippen molar-refractivity contribution >= 4 is 17.5 Å². The molecule has 1 aromatic rings. The molecule has 100 valence electrons. The molecule has 1 aromatic heterocycles. The van der Waals surface area contributed by atoms with E-state index in [0.717, 1.165) is 10.8 Å². The number of hydrogen-bond acceptors (Lipinski definition) is 4. The molecule has 0 aliphatic rings. The predicted molar refractivity (Wildman–Crippen MR) is 65.8 cm³/mol. The monoisotopic (exact) mass is 275 g/mol. The minimum atomic E-state index is -0.682. The highest BCUT2D eigenvalue weighted by Crippen LogP contribution is 1.95. The number of nitrogens with zero attached hydrogens (tertiary/aromatic N) is 1. The molecule has 18 heavy (non-hydrogen) atoms. The van der Waals surface area contributed by atoms with Crippen LogP contribution in [-0.4, -0.2) is 35.2 Å². The van der Waals surface area contributed by atoms with Crippen molar-refractivity contribution in [3.63, 3.8) is 0 Å². The van der Waals surface area contributed by atoms with Gasteiger partial charge in [-0.1, -0.05) is 11.6 Å². The summed E-state index contributed by atoms with van der Waals surface area (Å²) in [6.07, 6.45) is 1.13. The van der Waals surface area contributed by atoms with Gasteiger partial charge in [0.2, 0.25) is 5.91 Å². The summed E-state index contributed by atoms with van der Waals surface area (Å²) in [5, 5.41) is 2.49. The van der Waals surface area contributed by atoms with Gasteiger partial charge in [-0.25, -0.2) is 4.79 Å². The molecule has 0 radical (unpaired) electrons. The van der Waals surface area contributed by atoms with Gasteiger partial charge in [-0.3, -0.25) is 19.1 Å². The van der Waals surface area contributed by atoms with Crippen molar-refractivity contribution in [2.45, 2.75) is 19.5 Å². The fraction of sp³-hybridized carbons (Fsp3) is 0.500. The molecule has 1 amide bonds. The highest BCUT2D eigenvalue weighted by molar-refractivity contribution is 6.30. The maximum Gasteiger partial charge on any atom is 0.328 e. The third-order valence-corrected chi connectivity index (χ3v) is 2.37.